The van der Waals surface area contributed by atoms with Gasteiger partial charge in [-0.05, 0) is 30.0 Å². The molecular formula is C21H22FN3O4S2. The minimum Gasteiger partial charge on any atom is -0.396 e. The Labute approximate surface area is 185 Å². The summed E-state index contributed by atoms with van der Waals surface area (Å²) in [5.41, 5.74) is 1.55. The Bertz CT molecular complexity index is 1220. The van der Waals surface area contributed by atoms with Crippen molar-refractivity contribution >= 4 is 27.9 Å². The lowest BCUT2D eigenvalue weighted by Gasteiger charge is -2.09. The van der Waals surface area contributed by atoms with Gasteiger partial charge in [-0.15, -0.1) is 11.3 Å². The lowest BCUT2D eigenvalue weighted by Crippen LogP contribution is -2.05. The zero-order valence-corrected chi connectivity index (χ0v) is 19.0. The fourth-order valence-electron chi connectivity index (χ4n) is 3.19. The molecule has 0 aliphatic heterocycles. The van der Waals surface area contributed by atoms with Crippen molar-refractivity contribution in [2.45, 2.75) is 40.2 Å². The van der Waals surface area contributed by atoms with E-state index < -0.39 is 22.4 Å². The van der Waals surface area contributed by atoms with Crippen molar-refractivity contribution in [2.24, 2.45) is 10.3 Å². The van der Waals surface area contributed by atoms with Gasteiger partial charge in [-0.25, -0.2) is 14.2 Å². The van der Waals surface area contributed by atoms with Crippen molar-refractivity contribution in [3.8, 4) is 16.2 Å². The van der Waals surface area contributed by atoms with Crippen LogP contribution in [-0.2, 0) is 29.9 Å². The van der Waals surface area contributed by atoms with Crippen LogP contribution in [0.25, 0.3) is 11.1 Å². The van der Waals surface area contributed by atoms with Gasteiger partial charge in [-0.1, -0.05) is 37.3 Å². The first-order valence-electron chi connectivity index (χ1n) is 9.71. The number of carbonyl (C=O) groups excluding carboxylic acids is 1. The number of rotatable bonds is 7. The molecule has 10 heteroatoms. The normalized spacial score (nSPS) is 11.0. The van der Waals surface area contributed by atoms with Gasteiger partial charge < -0.3 is 9.30 Å². The molecule has 0 bridgehead atoms. The molecule has 0 fully saturated rings. The number of imidazole rings is 1. The van der Waals surface area contributed by atoms with Gasteiger partial charge in [-0.3, -0.25) is 0 Å². The Balaban J connectivity index is 1.94. The predicted molar refractivity (Wildman–Crippen MR) is 116 cm³/mol. The van der Waals surface area contributed by atoms with Crippen molar-refractivity contribution in [3.63, 3.8) is 0 Å². The molecule has 1 amide bonds. The van der Waals surface area contributed by atoms with Gasteiger partial charge in [0.25, 0.3) is 0 Å². The molecule has 0 saturated heterocycles. The van der Waals surface area contributed by atoms with Crippen LogP contribution in [0.2, 0.25) is 0 Å². The molecule has 31 heavy (non-hydrogen) atoms. The lowest BCUT2D eigenvalue weighted by atomic mass is 10.0. The number of ether oxygens (including phenoxy) is 1. The summed E-state index contributed by atoms with van der Waals surface area (Å²) >= 11 is 1.22. The molecule has 3 aromatic rings. The molecule has 0 saturated carbocycles. The molecule has 3 rings (SSSR count). The molecule has 164 valence electrons. The van der Waals surface area contributed by atoms with Crippen LogP contribution in [-0.4, -0.2) is 24.1 Å². The van der Waals surface area contributed by atoms with Gasteiger partial charge in [0.1, 0.15) is 11.6 Å². The van der Waals surface area contributed by atoms with E-state index in [2.05, 4.69) is 23.2 Å². The Morgan fingerprint density at radius 3 is 2.74 bits per heavy atom. The van der Waals surface area contributed by atoms with Crippen LogP contribution >= 0.6 is 11.3 Å². The number of aromatic nitrogens is 2. The van der Waals surface area contributed by atoms with Crippen molar-refractivity contribution in [1.82, 2.24) is 9.55 Å². The van der Waals surface area contributed by atoms with Crippen LogP contribution in [0.15, 0.2) is 41.0 Å². The summed E-state index contributed by atoms with van der Waals surface area (Å²) < 4.78 is 46.1. The highest BCUT2D eigenvalue weighted by Crippen LogP contribution is 2.40. The quantitative estimate of drug-likeness (QED) is 0.485. The van der Waals surface area contributed by atoms with E-state index in [9.17, 15) is 17.6 Å². The maximum absolute atomic E-state index is 14.9. The van der Waals surface area contributed by atoms with E-state index in [1.165, 1.54) is 17.4 Å². The lowest BCUT2D eigenvalue weighted by molar-refractivity contribution is 0.213. The summed E-state index contributed by atoms with van der Waals surface area (Å²) in [4.78, 5) is 16.9. The summed E-state index contributed by atoms with van der Waals surface area (Å²) in [7, 11) is -2.91. The van der Waals surface area contributed by atoms with Crippen LogP contribution in [0.5, 0.6) is 5.06 Å². The Morgan fingerprint density at radius 2 is 2.10 bits per heavy atom. The van der Waals surface area contributed by atoms with Gasteiger partial charge in [-0.2, -0.15) is 8.42 Å². The Hall–Kier alpha value is -2.85. The minimum atomic E-state index is -2.91. The van der Waals surface area contributed by atoms with E-state index in [0.717, 1.165) is 23.5 Å². The molecule has 0 aliphatic rings. The fourth-order valence-corrected chi connectivity index (χ4v) is 4.58. The standard InChI is InChI=1S/C21H22FN3O4S2/c1-4-19-23-7-8-25(19)12-15-6-5-14(10-18(15)22)17-11-16(9-13(2)3)30-20(17)29-21(26)24-31(27)28/h5-8,10-11,13H,4,9,12H2,1-3H3. The average Bonchev–Trinajstić information content (AvgIpc) is 3.28. The summed E-state index contributed by atoms with van der Waals surface area (Å²) in [6.07, 6.45) is 3.74. The highest BCUT2D eigenvalue weighted by Gasteiger charge is 2.18. The predicted octanol–water partition coefficient (Wildman–Crippen LogP) is 5.12. The molecule has 0 atom stereocenters. The number of nitrogens with zero attached hydrogens (tertiary/aromatic N) is 3. The molecular weight excluding hydrogens is 441 g/mol. The molecule has 0 spiro atoms. The van der Waals surface area contributed by atoms with Crippen molar-refractivity contribution in [2.75, 3.05) is 0 Å². The molecule has 0 N–H and O–H groups in total. The molecule has 2 heterocycles. The first-order chi connectivity index (χ1) is 14.8. The zero-order chi connectivity index (χ0) is 22.5. The molecule has 0 unspecified atom stereocenters. The first-order valence-corrected chi connectivity index (χ1v) is 11.6. The molecule has 2 aromatic heterocycles. The minimum absolute atomic E-state index is 0.185. The van der Waals surface area contributed by atoms with Crippen LogP contribution in [0.4, 0.5) is 9.18 Å². The first kappa shape index (κ1) is 22.8. The number of amides is 1. The van der Waals surface area contributed by atoms with Crippen molar-refractivity contribution in [3.05, 3.63) is 58.7 Å². The SMILES string of the molecule is CCc1nccn1Cc1ccc(-c2cc(CC(C)C)sc2OC(=O)N=S(=O)=O)cc1F. The summed E-state index contributed by atoms with van der Waals surface area (Å²) in [5, 5.41) is 0.185. The van der Waals surface area contributed by atoms with E-state index in [4.69, 9.17) is 4.74 Å². The maximum atomic E-state index is 14.9. The number of thiophene rings is 1. The van der Waals surface area contributed by atoms with Gasteiger partial charge in [0.05, 0.1) is 6.54 Å². The third-order valence-corrected chi connectivity index (χ3v) is 5.84. The number of halogens is 1. The summed E-state index contributed by atoms with van der Waals surface area (Å²) in [6, 6.07) is 6.66. The van der Waals surface area contributed by atoms with E-state index in [1.54, 1.807) is 18.3 Å². The number of benzene rings is 1. The van der Waals surface area contributed by atoms with Gasteiger partial charge >= 0.3 is 16.6 Å². The van der Waals surface area contributed by atoms with Crippen molar-refractivity contribution in [1.29, 1.82) is 0 Å². The van der Waals surface area contributed by atoms with E-state index in [-0.39, 0.29) is 5.06 Å². The largest absolute Gasteiger partial charge is 0.455 e. The fraction of sp³-hybridized carbons (Fsp3) is 0.333. The molecule has 0 radical (unpaired) electrons. The van der Waals surface area contributed by atoms with Crippen LogP contribution < -0.4 is 4.74 Å². The van der Waals surface area contributed by atoms with Crippen LogP contribution in [0, 0.1) is 11.7 Å². The highest BCUT2D eigenvalue weighted by atomic mass is 32.2. The third-order valence-electron chi connectivity index (χ3n) is 4.51. The second kappa shape index (κ2) is 9.97. The Kier molecular flexibility index (Phi) is 7.34. The average molecular weight is 464 g/mol. The second-order valence-electron chi connectivity index (χ2n) is 7.32. The van der Waals surface area contributed by atoms with E-state index in [0.29, 0.717) is 29.2 Å². The monoisotopic (exact) mass is 463 g/mol. The van der Waals surface area contributed by atoms with Gasteiger partial charge in [0, 0.05) is 34.8 Å². The maximum Gasteiger partial charge on any atom is 0.455 e. The van der Waals surface area contributed by atoms with Gasteiger partial charge in [0.15, 0.2) is 5.06 Å². The van der Waals surface area contributed by atoms with Crippen LogP contribution in [0.3, 0.4) is 0 Å². The third kappa shape index (κ3) is 5.86. The topological polar surface area (TPSA) is 90.6 Å². The molecule has 0 aliphatic carbocycles. The van der Waals surface area contributed by atoms with Crippen LogP contribution in [0.1, 0.15) is 37.0 Å². The Morgan fingerprint density at radius 1 is 1.32 bits per heavy atom. The smallest absolute Gasteiger partial charge is 0.396 e. The van der Waals surface area contributed by atoms with E-state index >= 15 is 0 Å². The molecule has 7 nitrogen and oxygen atoms in total. The summed E-state index contributed by atoms with van der Waals surface area (Å²) in [5.74, 6) is 0.830. The van der Waals surface area contributed by atoms with E-state index in [1.807, 2.05) is 23.8 Å². The number of hydrogen-bond donors (Lipinski definition) is 0. The number of aryl methyl sites for hydroxylation is 1. The molecule has 1 aromatic carbocycles. The number of hydrogen-bond acceptors (Lipinski definition) is 6. The number of carbonyl (C=O) groups is 1. The van der Waals surface area contributed by atoms with Gasteiger partial charge in [0.2, 0.25) is 0 Å². The zero-order valence-electron chi connectivity index (χ0n) is 17.3. The highest BCUT2D eigenvalue weighted by molar-refractivity contribution is 7.62. The van der Waals surface area contributed by atoms with Crippen molar-refractivity contribution < 1.29 is 22.3 Å². The summed E-state index contributed by atoms with van der Waals surface area (Å²) in [6.45, 7) is 6.45. The second-order valence-corrected chi connectivity index (χ2v) is 9.04.